The Morgan fingerprint density at radius 3 is 2.75 bits per heavy atom. The van der Waals surface area contributed by atoms with Crippen LogP contribution in [0.25, 0.3) is 0 Å². The van der Waals surface area contributed by atoms with Crippen LogP contribution in [0.4, 0.5) is 4.39 Å². The molecular formula is C19H29F. The summed E-state index contributed by atoms with van der Waals surface area (Å²) in [4.78, 5) is 0. The Kier molecular flexibility index (Phi) is 2.89. The van der Waals surface area contributed by atoms with Crippen LogP contribution in [0.15, 0.2) is 11.6 Å². The Bertz CT molecular complexity index is 439. The Balaban J connectivity index is 1.68. The van der Waals surface area contributed by atoms with Crippen LogP contribution in [0, 0.1) is 28.6 Å². The monoisotopic (exact) mass is 276 g/mol. The van der Waals surface area contributed by atoms with Crippen molar-refractivity contribution in [2.75, 3.05) is 0 Å². The lowest BCUT2D eigenvalue weighted by Gasteiger charge is -2.57. The number of allylic oxidation sites excluding steroid dienone is 2. The molecule has 0 saturated heterocycles. The lowest BCUT2D eigenvalue weighted by atomic mass is 9.48. The number of alkyl halides is 1. The molecule has 0 spiro atoms. The quantitative estimate of drug-likeness (QED) is 0.499. The van der Waals surface area contributed by atoms with Gasteiger partial charge >= 0.3 is 0 Å². The van der Waals surface area contributed by atoms with Gasteiger partial charge in [-0.2, -0.15) is 0 Å². The smallest absolute Gasteiger partial charge is 0.104 e. The van der Waals surface area contributed by atoms with Gasteiger partial charge in [0.05, 0.1) is 0 Å². The average molecular weight is 276 g/mol. The first kappa shape index (κ1) is 13.3. The van der Waals surface area contributed by atoms with E-state index in [-0.39, 0.29) is 0 Å². The fraction of sp³-hybridized carbons (Fsp3) is 0.895. The summed E-state index contributed by atoms with van der Waals surface area (Å²) in [6, 6.07) is 0. The molecule has 0 radical (unpaired) electrons. The number of fused-ring (bicyclic) bond motifs is 5. The minimum absolute atomic E-state index is 0.343. The van der Waals surface area contributed by atoms with Crippen LogP contribution in [-0.4, -0.2) is 6.17 Å². The zero-order valence-electron chi connectivity index (χ0n) is 13.1. The molecule has 0 aromatic rings. The molecule has 1 heteroatoms. The second kappa shape index (κ2) is 4.34. The van der Waals surface area contributed by atoms with Gasteiger partial charge in [-0.25, -0.2) is 4.39 Å². The van der Waals surface area contributed by atoms with Crippen LogP contribution >= 0.6 is 0 Å². The van der Waals surface area contributed by atoms with E-state index >= 15 is 0 Å². The SMILES string of the molecule is C[C@]12CCC[C@@H]1[C@H]1CC=C3C[C@@H](F)CC[C@]3(C)[C@@H]1CC2. The molecule has 4 rings (SSSR count). The van der Waals surface area contributed by atoms with Gasteiger partial charge in [-0.15, -0.1) is 0 Å². The highest BCUT2D eigenvalue weighted by molar-refractivity contribution is 5.25. The summed E-state index contributed by atoms with van der Waals surface area (Å²) in [7, 11) is 0. The van der Waals surface area contributed by atoms with Crippen molar-refractivity contribution in [3.63, 3.8) is 0 Å². The largest absolute Gasteiger partial charge is 0.247 e. The van der Waals surface area contributed by atoms with E-state index in [1.165, 1.54) is 44.1 Å². The Morgan fingerprint density at radius 1 is 1.05 bits per heavy atom. The van der Waals surface area contributed by atoms with E-state index in [0.717, 1.165) is 37.0 Å². The van der Waals surface area contributed by atoms with Crippen molar-refractivity contribution in [3.05, 3.63) is 11.6 Å². The second-order valence-electron chi connectivity index (χ2n) is 8.68. The molecule has 6 atom stereocenters. The van der Waals surface area contributed by atoms with Gasteiger partial charge in [0.15, 0.2) is 0 Å². The fourth-order valence-electron chi connectivity index (χ4n) is 6.61. The molecule has 112 valence electrons. The van der Waals surface area contributed by atoms with Gasteiger partial charge in [-0.3, -0.25) is 0 Å². The first-order valence-electron chi connectivity index (χ1n) is 8.86. The summed E-state index contributed by atoms with van der Waals surface area (Å²) in [5, 5.41) is 0. The van der Waals surface area contributed by atoms with Crippen molar-refractivity contribution in [3.8, 4) is 0 Å². The van der Waals surface area contributed by atoms with E-state index in [0.29, 0.717) is 10.8 Å². The van der Waals surface area contributed by atoms with Crippen LogP contribution in [-0.2, 0) is 0 Å². The van der Waals surface area contributed by atoms with Gasteiger partial charge < -0.3 is 0 Å². The molecule has 4 aliphatic carbocycles. The summed E-state index contributed by atoms with van der Waals surface area (Å²) in [5.41, 5.74) is 2.47. The summed E-state index contributed by atoms with van der Waals surface area (Å²) in [6.07, 6.45) is 13.0. The summed E-state index contributed by atoms with van der Waals surface area (Å²) in [5.74, 6) is 2.71. The van der Waals surface area contributed by atoms with Crippen LogP contribution in [0.5, 0.6) is 0 Å². The molecule has 0 nitrogen and oxygen atoms in total. The maximum atomic E-state index is 13.8. The molecule has 3 fully saturated rings. The Labute approximate surface area is 123 Å². The average Bonchev–Trinajstić information content (AvgIpc) is 2.81. The molecule has 0 aromatic heterocycles. The first-order chi connectivity index (χ1) is 9.53. The van der Waals surface area contributed by atoms with Gasteiger partial charge in [-0.1, -0.05) is 31.9 Å². The lowest BCUT2D eigenvalue weighted by molar-refractivity contribution is -0.0303. The van der Waals surface area contributed by atoms with Gasteiger partial charge in [0, 0.05) is 6.42 Å². The highest BCUT2D eigenvalue weighted by Crippen LogP contribution is 2.64. The molecule has 0 heterocycles. The van der Waals surface area contributed by atoms with Gasteiger partial charge in [0.1, 0.15) is 6.17 Å². The van der Waals surface area contributed by atoms with Crippen molar-refractivity contribution in [1.29, 1.82) is 0 Å². The van der Waals surface area contributed by atoms with E-state index in [2.05, 4.69) is 19.9 Å². The first-order valence-corrected chi connectivity index (χ1v) is 8.86. The van der Waals surface area contributed by atoms with Crippen molar-refractivity contribution in [2.24, 2.45) is 28.6 Å². The van der Waals surface area contributed by atoms with Crippen molar-refractivity contribution in [1.82, 2.24) is 0 Å². The highest BCUT2D eigenvalue weighted by Gasteiger charge is 2.55. The molecule has 0 aromatic carbocycles. The predicted molar refractivity (Wildman–Crippen MR) is 81.2 cm³/mol. The molecule has 20 heavy (non-hydrogen) atoms. The number of hydrogen-bond acceptors (Lipinski definition) is 0. The molecule has 4 aliphatic rings. The van der Waals surface area contributed by atoms with E-state index in [4.69, 9.17) is 0 Å². The van der Waals surface area contributed by atoms with Crippen LogP contribution in [0.1, 0.15) is 71.6 Å². The van der Waals surface area contributed by atoms with E-state index in [1.54, 1.807) is 0 Å². The van der Waals surface area contributed by atoms with E-state index < -0.39 is 6.17 Å². The second-order valence-corrected chi connectivity index (χ2v) is 8.68. The maximum absolute atomic E-state index is 13.8. The molecular weight excluding hydrogens is 247 g/mol. The third kappa shape index (κ3) is 1.70. The third-order valence-electron chi connectivity index (χ3n) is 7.82. The zero-order chi connectivity index (χ0) is 14.0. The van der Waals surface area contributed by atoms with E-state index in [9.17, 15) is 4.39 Å². The highest BCUT2D eigenvalue weighted by atomic mass is 19.1. The molecule has 3 saturated carbocycles. The van der Waals surface area contributed by atoms with Crippen molar-refractivity contribution in [2.45, 2.75) is 77.8 Å². The maximum Gasteiger partial charge on any atom is 0.104 e. The molecule has 0 amide bonds. The van der Waals surface area contributed by atoms with Gasteiger partial charge in [0.25, 0.3) is 0 Å². The normalized spacial score (nSPS) is 54.6. The Hall–Kier alpha value is -0.330. The number of halogens is 1. The molecule has 0 bridgehead atoms. The topological polar surface area (TPSA) is 0 Å². The Morgan fingerprint density at radius 2 is 1.90 bits per heavy atom. The minimum Gasteiger partial charge on any atom is -0.247 e. The zero-order valence-corrected chi connectivity index (χ0v) is 13.1. The number of hydrogen-bond donors (Lipinski definition) is 0. The third-order valence-corrected chi connectivity index (χ3v) is 7.82. The molecule has 0 aliphatic heterocycles. The summed E-state index contributed by atoms with van der Waals surface area (Å²) >= 11 is 0. The van der Waals surface area contributed by atoms with Crippen LogP contribution < -0.4 is 0 Å². The lowest BCUT2D eigenvalue weighted by Crippen LogP contribution is -2.49. The van der Waals surface area contributed by atoms with Crippen LogP contribution in [0.3, 0.4) is 0 Å². The standard InChI is InChI=1S/C19H29F/c1-18-9-3-4-16(18)15-6-5-13-12-14(20)7-11-19(13,2)17(15)8-10-18/h5,14-17H,3-4,6-12H2,1-2H3/t14-,15+,16+,17+,18+,19-/m0/s1. The van der Waals surface area contributed by atoms with Gasteiger partial charge in [-0.05, 0) is 73.5 Å². The van der Waals surface area contributed by atoms with Gasteiger partial charge in [0.2, 0.25) is 0 Å². The summed E-state index contributed by atoms with van der Waals surface area (Å²) in [6.45, 7) is 5.03. The molecule has 0 N–H and O–H groups in total. The predicted octanol–water partition coefficient (Wildman–Crippen LogP) is 5.68. The van der Waals surface area contributed by atoms with E-state index in [1.807, 2.05) is 0 Å². The fourth-order valence-corrected chi connectivity index (χ4v) is 6.61. The van der Waals surface area contributed by atoms with Crippen molar-refractivity contribution < 1.29 is 4.39 Å². The molecule has 0 unspecified atom stereocenters. The van der Waals surface area contributed by atoms with Crippen molar-refractivity contribution >= 4 is 0 Å². The minimum atomic E-state index is -0.564. The van der Waals surface area contributed by atoms with Crippen LogP contribution in [0.2, 0.25) is 0 Å². The summed E-state index contributed by atoms with van der Waals surface area (Å²) < 4.78 is 13.8. The number of rotatable bonds is 0.